The first-order valence-corrected chi connectivity index (χ1v) is 14.5. The van der Waals surface area contributed by atoms with Crippen molar-refractivity contribution in [2.75, 3.05) is 0 Å². The van der Waals surface area contributed by atoms with Crippen LogP contribution in [0, 0.1) is 24.0 Å². The Kier molecular flexibility index (Phi) is 19.4. The molecule has 4 heteroatoms. The van der Waals surface area contributed by atoms with Crippen LogP contribution in [-0.4, -0.2) is 5.43 Å². The van der Waals surface area contributed by atoms with Crippen LogP contribution in [0.4, 0.5) is 0 Å². The monoisotopic (exact) mass is 460 g/mol. The predicted octanol–water partition coefficient (Wildman–Crippen LogP) is 0.236. The SMILES string of the molecule is CCC1[C-]=C(C)C(C)=C1.CCC1[C-]=C(C)C(C)=C1.C[Si](C)=[Zr+2].[Cl-].[Cl-]. The van der Waals surface area contributed by atoms with E-state index in [0.717, 1.165) is 0 Å². The largest absolute Gasteiger partial charge is 1.00 e. The van der Waals surface area contributed by atoms with Crippen LogP contribution in [0.15, 0.2) is 34.4 Å². The molecule has 2 aliphatic carbocycles. The van der Waals surface area contributed by atoms with Crippen LogP contribution in [0.3, 0.4) is 0 Å². The molecule has 2 unspecified atom stereocenters. The molecular formula is C20H32Cl2SiZr-2. The Morgan fingerprint density at radius 1 is 0.833 bits per heavy atom. The molecule has 0 aliphatic heterocycles. The Hall–Kier alpha value is 0.640. The molecule has 2 rings (SSSR count). The summed E-state index contributed by atoms with van der Waals surface area (Å²) >= 11 is 1.74. The van der Waals surface area contributed by atoms with Crippen LogP contribution in [0.25, 0.3) is 0 Å². The molecule has 0 fully saturated rings. The Morgan fingerprint density at radius 2 is 1.08 bits per heavy atom. The number of allylic oxidation sites excluding steroid dienone is 8. The van der Waals surface area contributed by atoms with Gasteiger partial charge in [-0.3, -0.25) is 12.2 Å². The van der Waals surface area contributed by atoms with Gasteiger partial charge >= 0.3 is 41.9 Å². The van der Waals surface area contributed by atoms with Crippen molar-refractivity contribution in [2.24, 2.45) is 11.8 Å². The fourth-order valence-corrected chi connectivity index (χ4v) is 2.16. The van der Waals surface area contributed by atoms with Crippen molar-refractivity contribution < 1.29 is 48.1 Å². The van der Waals surface area contributed by atoms with Crippen molar-refractivity contribution in [1.29, 1.82) is 0 Å². The molecule has 0 aromatic heterocycles. The van der Waals surface area contributed by atoms with E-state index in [0.29, 0.717) is 11.8 Å². The van der Waals surface area contributed by atoms with Crippen LogP contribution in [0.2, 0.25) is 13.1 Å². The maximum Gasteiger partial charge on any atom is -1.00 e. The molecule has 0 aromatic carbocycles. The molecule has 0 spiro atoms. The van der Waals surface area contributed by atoms with E-state index in [2.05, 4.69) is 78.9 Å². The van der Waals surface area contributed by atoms with Gasteiger partial charge in [0.25, 0.3) is 0 Å². The number of rotatable bonds is 2. The zero-order valence-corrected chi connectivity index (χ0v) is 21.4. The topological polar surface area (TPSA) is 0 Å². The van der Waals surface area contributed by atoms with Crippen molar-refractivity contribution in [3.63, 3.8) is 0 Å². The molecule has 24 heavy (non-hydrogen) atoms. The van der Waals surface area contributed by atoms with E-state index in [1.54, 1.807) is 23.3 Å². The summed E-state index contributed by atoms with van der Waals surface area (Å²) in [7, 11) is 0. The first-order chi connectivity index (χ1) is 10.2. The Labute approximate surface area is 178 Å². The molecule has 0 radical (unpaired) electrons. The van der Waals surface area contributed by atoms with E-state index in [9.17, 15) is 0 Å². The van der Waals surface area contributed by atoms with Crippen molar-refractivity contribution in [3.05, 3.63) is 46.6 Å². The van der Waals surface area contributed by atoms with Crippen LogP contribution < -0.4 is 24.8 Å². The van der Waals surface area contributed by atoms with E-state index in [4.69, 9.17) is 0 Å². The summed E-state index contributed by atoms with van der Waals surface area (Å²) in [4.78, 5) is 0. The third-order valence-corrected chi connectivity index (χ3v) is 3.77. The predicted molar refractivity (Wildman–Crippen MR) is 97.4 cm³/mol. The summed E-state index contributed by atoms with van der Waals surface area (Å²) in [5.41, 5.74) is 5.69. The maximum atomic E-state index is 3.38. The molecule has 0 heterocycles. The summed E-state index contributed by atoms with van der Waals surface area (Å²) in [5.74, 6) is 1.20. The van der Waals surface area contributed by atoms with E-state index in [-0.39, 0.29) is 30.2 Å². The van der Waals surface area contributed by atoms with Crippen molar-refractivity contribution >= 4 is 5.43 Å². The molecular weight excluding hydrogens is 430 g/mol. The van der Waals surface area contributed by atoms with Gasteiger partial charge in [0.05, 0.1) is 0 Å². The van der Waals surface area contributed by atoms with Crippen LogP contribution >= 0.6 is 0 Å². The molecule has 2 aliphatic rings. The normalized spacial score (nSPS) is 20.6. The van der Waals surface area contributed by atoms with Gasteiger partial charge < -0.3 is 24.8 Å². The van der Waals surface area contributed by atoms with E-state index < -0.39 is 0 Å². The number of hydrogen-bond acceptors (Lipinski definition) is 0. The first-order valence-electron chi connectivity index (χ1n) is 8.30. The number of hydrogen-bond donors (Lipinski definition) is 0. The molecule has 0 amide bonds. The average molecular weight is 463 g/mol. The summed E-state index contributed by atoms with van der Waals surface area (Å²) in [6.07, 6.45) is 13.7. The third-order valence-electron chi connectivity index (χ3n) is 3.77. The molecule has 0 saturated heterocycles. The molecule has 0 saturated carbocycles. The summed E-state index contributed by atoms with van der Waals surface area (Å²) in [5, 5.41) is 0. The minimum absolute atomic E-state index is 0. The Bertz CT molecular complexity index is 422. The minimum atomic E-state index is 0. The van der Waals surface area contributed by atoms with Gasteiger partial charge in [-0.1, -0.05) is 52.4 Å². The van der Waals surface area contributed by atoms with Crippen molar-refractivity contribution in [1.82, 2.24) is 0 Å². The van der Waals surface area contributed by atoms with Gasteiger partial charge in [0.2, 0.25) is 0 Å². The van der Waals surface area contributed by atoms with Gasteiger partial charge in [-0.05, 0) is 0 Å². The van der Waals surface area contributed by atoms with Crippen LogP contribution in [-0.2, 0) is 23.3 Å². The van der Waals surface area contributed by atoms with Gasteiger partial charge in [-0.2, -0.15) is 12.2 Å². The smallest absolute Gasteiger partial charge is 1.00 e. The van der Waals surface area contributed by atoms with Crippen molar-refractivity contribution in [2.45, 2.75) is 67.5 Å². The summed E-state index contributed by atoms with van der Waals surface area (Å²) in [6, 6.07) is 0. The zero-order chi connectivity index (χ0) is 17.3. The van der Waals surface area contributed by atoms with Crippen LogP contribution in [0.5, 0.6) is 0 Å². The van der Waals surface area contributed by atoms with E-state index in [1.165, 1.54) is 35.1 Å². The second-order valence-corrected chi connectivity index (χ2v) is 15.6. The Morgan fingerprint density at radius 3 is 1.17 bits per heavy atom. The molecule has 0 aromatic rings. The molecule has 0 N–H and O–H groups in total. The van der Waals surface area contributed by atoms with Gasteiger partial charge in [-0.25, -0.2) is 22.3 Å². The second kappa shape index (κ2) is 15.9. The maximum absolute atomic E-state index is 3.38. The van der Waals surface area contributed by atoms with Gasteiger partial charge in [-0.15, -0.1) is 13.8 Å². The molecule has 2 atom stereocenters. The molecule has 0 nitrogen and oxygen atoms in total. The fraction of sp³-hybridized carbons (Fsp3) is 0.600. The minimum Gasteiger partial charge on any atom is -1.00 e. The molecule has 0 bridgehead atoms. The third kappa shape index (κ3) is 12.9. The standard InChI is InChI=1S/2C9H13.C2H6Si.2ClH.Zr/c2*1-4-9-5-7(2)8(3)6-9;1-3-2;;;/h2*5,9H,4H2,1-3H3;1-2H3;2*1H;/q2*-1;;;;+2/p-2. The second-order valence-electron chi connectivity index (χ2n) is 6.27. The average Bonchev–Trinajstić information content (AvgIpc) is 2.93. The van der Waals surface area contributed by atoms with Crippen molar-refractivity contribution in [3.8, 4) is 0 Å². The van der Waals surface area contributed by atoms with Gasteiger partial charge in [0.1, 0.15) is 0 Å². The zero-order valence-electron chi connectivity index (χ0n) is 16.5. The molecule has 136 valence electrons. The van der Waals surface area contributed by atoms with Gasteiger partial charge in [0.15, 0.2) is 0 Å². The van der Waals surface area contributed by atoms with Gasteiger partial charge in [0, 0.05) is 0 Å². The first kappa shape index (κ1) is 29.4. The quantitative estimate of drug-likeness (QED) is 0.407. The Balaban J connectivity index is -0.000000283. The fourth-order valence-electron chi connectivity index (χ4n) is 2.16. The van der Waals surface area contributed by atoms with E-state index in [1.807, 2.05) is 0 Å². The van der Waals surface area contributed by atoms with Crippen LogP contribution in [0.1, 0.15) is 54.4 Å². The van der Waals surface area contributed by atoms with E-state index >= 15 is 0 Å². The summed E-state index contributed by atoms with van der Waals surface area (Å²) in [6.45, 7) is 17.6. The summed E-state index contributed by atoms with van der Waals surface area (Å²) < 4.78 is 0. The number of halogens is 2.